The molecule has 3 N–H and O–H groups in total. The van der Waals surface area contributed by atoms with Gasteiger partial charge in [0, 0.05) is 38.3 Å². The molecule has 2 aromatic rings. The summed E-state index contributed by atoms with van der Waals surface area (Å²) in [5.41, 5.74) is 3.39. The van der Waals surface area contributed by atoms with Gasteiger partial charge in [-0.3, -0.25) is 9.79 Å². The minimum atomic E-state index is 0. The Hall–Kier alpha value is -2.10. The molecule has 0 spiro atoms. The molecular formula is C22H33IN6O. The first-order valence-electron chi connectivity index (χ1n) is 10.6. The number of benzene rings is 1. The fourth-order valence-corrected chi connectivity index (χ4v) is 3.11. The molecule has 1 saturated carbocycles. The minimum Gasteiger partial charge on any atom is -0.357 e. The van der Waals surface area contributed by atoms with Crippen LogP contribution in [-0.2, 0) is 11.2 Å². The van der Waals surface area contributed by atoms with E-state index in [0.29, 0.717) is 13.1 Å². The van der Waals surface area contributed by atoms with Crippen molar-refractivity contribution in [3.8, 4) is 5.69 Å². The number of carbonyl (C=O) groups excluding carboxylic acids is 1. The van der Waals surface area contributed by atoms with Crippen LogP contribution in [0.3, 0.4) is 0 Å². The molecule has 1 heterocycles. The summed E-state index contributed by atoms with van der Waals surface area (Å²) in [7, 11) is 0. The molecule has 0 bridgehead atoms. The van der Waals surface area contributed by atoms with E-state index in [1.165, 1.54) is 5.56 Å². The number of hydrogen-bond donors (Lipinski definition) is 3. The maximum absolute atomic E-state index is 11.6. The number of guanidine groups is 1. The molecule has 3 rings (SSSR count). The Morgan fingerprint density at radius 1 is 1.17 bits per heavy atom. The van der Waals surface area contributed by atoms with Crippen molar-refractivity contribution in [1.29, 1.82) is 0 Å². The van der Waals surface area contributed by atoms with Gasteiger partial charge in [-0.1, -0.05) is 18.2 Å². The number of nitrogens with one attached hydrogen (secondary N) is 3. The molecule has 1 fully saturated rings. The number of hydrogen-bond acceptors (Lipinski definition) is 3. The molecule has 0 saturated heterocycles. The van der Waals surface area contributed by atoms with E-state index in [2.05, 4.69) is 51.3 Å². The van der Waals surface area contributed by atoms with Crippen molar-refractivity contribution in [1.82, 2.24) is 25.7 Å². The van der Waals surface area contributed by atoms with Gasteiger partial charge >= 0.3 is 0 Å². The number of carbonyl (C=O) groups is 1. The maximum Gasteiger partial charge on any atom is 0.223 e. The fourth-order valence-electron chi connectivity index (χ4n) is 3.11. The maximum atomic E-state index is 11.6. The molecule has 0 radical (unpaired) electrons. The van der Waals surface area contributed by atoms with Gasteiger partial charge < -0.3 is 16.0 Å². The Morgan fingerprint density at radius 2 is 1.90 bits per heavy atom. The third-order valence-electron chi connectivity index (χ3n) is 4.90. The highest BCUT2D eigenvalue weighted by atomic mass is 127. The lowest BCUT2D eigenvalue weighted by Crippen LogP contribution is -2.41. The number of rotatable bonds is 10. The van der Waals surface area contributed by atoms with Gasteiger partial charge in [-0.15, -0.1) is 24.0 Å². The minimum absolute atomic E-state index is 0. The van der Waals surface area contributed by atoms with Crippen LogP contribution in [-0.4, -0.2) is 47.8 Å². The van der Waals surface area contributed by atoms with Crippen LogP contribution in [0.5, 0.6) is 0 Å². The number of aromatic nitrogens is 2. The summed E-state index contributed by atoms with van der Waals surface area (Å²) in [4.78, 5) is 16.3. The molecule has 0 unspecified atom stereocenters. The van der Waals surface area contributed by atoms with Gasteiger partial charge in [0.05, 0.1) is 11.4 Å². The normalized spacial score (nSPS) is 13.5. The average molecular weight is 524 g/mol. The van der Waals surface area contributed by atoms with E-state index in [0.717, 1.165) is 56.1 Å². The van der Waals surface area contributed by atoms with Gasteiger partial charge in [-0.2, -0.15) is 5.10 Å². The number of nitrogens with zero attached hydrogens (tertiary/aromatic N) is 3. The van der Waals surface area contributed by atoms with Crippen LogP contribution in [0, 0.1) is 12.8 Å². The fraction of sp³-hybridized carbons (Fsp3) is 0.500. The van der Waals surface area contributed by atoms with Gasteiger partial charge in [-0.05, 0) is 57.2 Å². The quantitative estimate of drug-likeness (QED) is 0.193. The topological polar surface area (TPSA) is 83.3 Å². The van der Waals surface area contributed by atoms with E-state index in [9.17, 15) is 4.79 Å². The number of aliphatic imine (C=N–C) groups is 1. The van der Waals surface area contributed by atoms with Gasteiger partial charge in [0.2, 0.25) is 5.91 Å². The SMILES string of the molecule is CCNC(=NCCCc1cn(-c2ccccc2)nc1C)NCCNC(=O)C1CC1.I. The second kappa shape index (κ2) is 12.6. The first-order chi connectivity index (χ1) is 14.2. The van der Waals surface area contributed by atoms with Crippen LogP contribution in [0.4, 0.5) is 0 Å². The zero-order valence-corrected chi connectivity index (χ0v) is 20.2. The summed E-state index contributed by atoms with van der Waals surface area (Å²) >= 11 is 0. The van der Waals surface area contributed by atoms with Gasteiger partial charge in [-0.25, -0.2) is 4.68 Å². The van der Waals surface area contributed by atoms with Crippen molar-refractivity contribution in [3.05, 3.63) is 47.8 Å². The largest absolute Gasteiger partial charge is 0.357 e. The van der Waals surface area contributed by atoms with E-state index in [1.54, 1.807) is 0 Å². The molecule has 8 heteroatoms. The standard InChI is InChI=1S/C22H32N6O.HI/c1-3-23-22(26-15-14-24-21(29)18-11-12-18)25-13-7-8-19-16-28(27-17(19)2)20-9-5-4-6-10-20;/h4-6,9-10,16,18H,3,7-8,11-15H2,1-2H3,(H,24,29)(H2,23,25,26);1H. The molecule has 30 heavy (non-hydrogen) atoms. The molecule has 1 aliphatic rings. The Balaban J connectivity index is 0.00000320. The first kappa shape index (κ1) is 24.2. The van der Waals surface area contributed by atoms with Crippen molar-refractivity contribution in [2.75, 3.05) is 26.2 Å². The van der Waals surface area contributed by atoms with E-state index in [1.807, 2.05) is 29.8 Å². The number of amides is 1. The van der Waals surface area contributed by atoms with Gasteiger partial charge in [0.15, 0.2) is 5.96 Å². The van der Waals surface area contributed by atoms with E-state index < -0.39 is 0 Å². The Labute approximate surface area is 196 Å². The van der Waals surface area contributed by atoms with Gasteiger partial charge in [0.25, 0.3) is 0 Å². The summed E-state index contributed by atoms with van der Waals surface area (Å²) in [5.74, 6) is 1.23. The van der Waals surface area contributed by atoms with Crippen LogP contribution in [0.15, 0.2) is 41.5 Å². The second-order valence-electron chi connectivity index (χ2n) is 7.38. The van der Waals surface area contributed by atoms with Crippen LogP contribution in [0.2, 0.25) is 0 Å². The highest BCUT2D eigenvalue weighted by molar-refractivity contribution is 14.0. The van der Waals surface area contributed by atoms with Crippen LogP contribution >= 0.6 is 24.0 Å². The van der Waals surface area contributed by atoms with Crippen LogP contribution in [0.1, 0.15) is 37.4 Å². The molecular weight excluding hydrogens is 491 g/mol. The summed E-state index contributed by atoms with van der Waals surface area (Å²) in [5, 5.41) is 14.1. The van der Waals surface area contributed by atoms with E-state index >= 15 is 0 Å². The number of para-hydroxylation sites is 1. The summed E-state index contributed by atoms with van der Waals surface area (Å²) < 4.78 is 1.94. The number of aryl methyl sites for hydroxylation is 2. The Bertz CT molecular complexity index is 816. The summed E-state index contributed by atoms with van der Waals surface area (Å²) in [6, 6.07) is 10.2. The highest BCUT2D eigenvalue weighted by Crippen LogP contribution is 2.28. The van der Waals surface area contributed by atoms with Crippen molar-refractivity contribution in [2.24, 2.45) is 10.9 Å². The van der Waals surface area contributed by atoms with E-state index in [-0.39, 0.29) is 35.8 Å². The zero-order valence-electron chi connectivity index (χ0n) is 17.9. The van der Waals surface area contributed by atoms with Crippen molar-refractivity contribution in [3.63, 3.8) is 0 Å². The van der Waals surface area contributed by atoms with Crippen molar-refractivity contribution >= 4 is 35.8 Å². The summed E-state index contributed by atoms with van der Waals surface area (Å²) in [6.07, 6.45) is 6.08. The molecule has 1 aromatic carbocycles. The third-order valence-corrected chi connectivity index (χ3v) is 4.90. The zero-order chi connectivity index (χ0) is 20.5. The molecule has 164 valence electrons. The van der Waals surface area contributed by atoms with Crippen LogP contribution in [0.25, 0.3) is 5.69 Å². The molecule has 7 nitrogen and oxygen atoms in total. The average Bonchev–Trinajstić information content (AvgIpc) is 3.52. The monoisotopic (exact) mass is 524 g/mol. The lowest BCUT2D eigenvalue weighted by Gasteiger charge is -2.11. The molecule has 1 amide bonds. The van der Waals surface area contributed by atoms with Gasteiger partial charge in [0.1, 0.15) is 0 Å². The number of halogens is 1. The van der Waals surface area contributed by atoms with E-state index in [4.69, 9.17) is 0 Å². The molecule has 0 aliphatic heterocycles. The lowest BCUT2D eigenvalue weighted by atomic mass is 10.1. The second-order valence-corrected chi connectivity index (χ2v) is 7.38. The highest BCUT2D eigenvalue weighted by Gasteiger charge is 2.28. The van der Waals surface area contributed by atoms with Crippen LogP contribution < -0.4 is 16.0 Å². The first-order valence-corrected chi connectivity index (χ1v) is 10.6. The predicted molar refractivity (Wildman–Crippen MR) is 132 cm³/mol. The Kier molecular flexibility index (Phi) is 10.1. The predicted octanol–water partition coefficient (Wildman–Crippen LogP) is 2.81. The lowest BCUT2D eigenvalue weighted by molar-refractivity contribution is -0.122. The smallest absolute Gasteiger partial charge is 0.223 e. The molecule has 1 aliphatic carbocycles. The molecule has 1 aromatic heterocycles. The summed E-state index contributed by atoms with van der Waals surface area (Å²) in [6.45, 7) is 6.95. The van der Waals surface area contributed by atoms with Crippen molar-refractivity contribution < 1.29 is 4.79 Å². The van der Waals surface area contributed by atoms with Crippen molar-refractivity contribution in [2.45, 2.75) is 39.5 Å². The molecule has 0 atom stereocenters. The third kappa shape index (κ3) is 7.62. The Morgan fingerprint density at radius 3 is 2.60 bits per heavy atom.